The first-order valence-corrected chi connectivity index (χ1v) is 6.98. The topological polar surface area (TPSA) is 93.6 Å². The lowest BCUT2D eigenvalue weighted by Crippen LogP contribution is -2.29. The van der Waals surface area contributed by atoms with Gasteiger partial charge < -0.3 is 15.7 Å². The van der Waals surface area contributed by atoms with E-state index in [9.17, 15) is 0 Å². The predicted molar refractivity (Wildman–Crippen MR) is 75.9 cm³/mol. The van der Waals surface area contributed by atoms with Crippen LogP contribution >= 0.6 is 0 Å². The normalized spacial score (nSPS) is 27.4. The van der Waals surface area contributed by atoms with Gasteiger partial charge in [0.15, 0.2) is 5.84 Å². The van der Waals surface area contributed by atoms with Crippen LogP contribution in [0.5, 0.6) is 6.01 Å². The molecule has 1 aliphatic carbocycles. The maximum absolute atomic E-state index is 8.72. The van der Waals surface area contributed by atoms with Crippen LogP contribution in [-0.4, -0.2) is 27.1 Å². The molecule has 6 nitrogen and oxygen atoms in total. The van der Waals surface area contributed by atoms with E-state index in [-0.39, 0.29) is 11.9 Å². The van der Waals surface area contributed by atoms with Gasteiger partial charge in [0.05, 0.1) is 0 Å². The molecule has 1 aliphatic rings. The Morgan fingerprint density at radius 2 is 1.95 bits per heavy atom. The molecule has 2 rings (SSSR count). The number of rotatable bonds is 3. The predicted octanol–water partition coefficient (Wildman–Crippen LogP) is 2.08. The Bertz CT molecular complexity index is 494. The van der Waals surface area contributed by atoms with E-state index in [1.54, 1.807) is 6.07 Å². The van der Waals surface area contributed by atoms with Crippen LogP contribution in [0.25, 0.3) is 0 Å². The maximum atomic E-state index is 8.72. The van der Waals surface area contributed by atoms with Crippen molar-refractivity contribution in [3.63, 3.8) is 0 Å². The first kappa shape index (κ1) is 14.6. The van der Waals surface area contributed by atoms with E-state index in [2.05, 4.69) is 29.0 Å². The monoisotopic (exact) mass is 278 g/mol. The standard InChI is InChI=1S/C14H22N4O2/c1-8-4-9(2)6-11(5-8)20-14-16-10(3)7-12(17-14)13(15)18-19/h7-9,11,19H,4-6H2,1-3H3,(H2,15,18). The number of nitrogens with two attached hydrogens (primary N) is 1. The van der Waals surface area contributed by atoms with E-state index in [4.69, 9.17) is 15.7 Å². The maximum Gasteiger partial charge on any atom is 0.317 e. The second-order valence-electron chi connectivity index (χ2n) is 5.82. The molecule has 0 bridgehead atoms. The number of ether oxygens (including phenoxy) is 1. The van der Waals surface area contributed by atoms with Crippen molar-refractivity contribution in [1.29, 1.82) is 0 Å². The second-order valence-corrected chi connectivity index (χ2v) is 5.82. The summed E-state index contributed by atoms with van der Waals surface area (Å²) < 4.78 is 5.90. The molecule has 3 N–H and O–H groups in total. The summed E-state index contributed by atoms with van der Waals surface area (Å²) in [5.74, 6) is 1.26. The minimum Gasteiger partial charge on any atom is -0.460 e. The summed E-state index contributed by atoms with van der Waals surface area (Å²) in [5.41, 5.74) is 6.67. The summed E-state index contributed by atoms with van der Waals surface area (Å²) in [7, 11) is 0. The molecule has 0 radical (unpaired) electrons. The van der Waals surface area contributed by atoms with Crippen molar-refractivity contribution < 1.29 is 9.94 Å². The van der Waals surface area contributed by atoms with Gasteiger partial charge in [0.25, 0.3) is 0 Å². The van der Waals surface area contributed by atoms with Crippen LogP contribution in [0.2, 0.25) is 0 Å². The van der Waals surface area contributed by atoms with Crippen LogP contribution in [0.15, 0.2) is 11.2 Å². The van der Waals surface area contributed by atoms with Crippen molar-refractivity contribution in [3.8, 4) is 6.01 Å². The zero-order valence-corrected chi connectivity index (χ0v) is 12.2. The molecule has 0 aliphatic heterocycles. The molecule has 1 saturated carbocycles. The molecular formula is C14H22N4O2. The zero-order valence-electron chi connectivity index (χ0n) is 12.2. The van der Waals surface area contributed by atoms with Crippen LogP contribution in [0, 0.1) is 18.8 Å². The average Bonchev–Trinajstić information content (AvgIpc) is 2.35. The highest BCUT2D eigenvalue weighted by Gasteiger charge is 2.26. The van der Waals surface area contributed by atoms with Gasteiger partial charge in [-0.15, -0.1) is 0 Å². The van der Waals surface area contributed by atoms with E-state index in [1.807, 2.05) is 6.92 Å². The van der Waals surface area contributed by atoms with Gasteiger partial charge >= 0.3 is 6.01 Å². The molecule has 0 saturated heterocycles. The number of oxime groups is 1. The van der Waals surface area contributed by atoms with Crippen LogP contribution in [-0.2, 0) is 0 Å². The number of amidine groups is 1. The fourth-order valence-corrected chi connectivity index (χ4v) is 2.89. The number of aromatic nitrogens is 2. The van der Waals surface area contributed by atoms with Gasteiger partial charge in [-0.1, -0.05) is 19.0 Å². The first-order valence-electron chi connectivity index (χ1n) is 6.98. The van der Waals surface area contributed by atoms with Crippen molar-refractivity contribution in [2.24, 2.45) is 22.7 Å². The highest BCUT2D eigenvalue weighted by molar-refractivity contribution is 5.95. The fraction of sp³-hybridized carbons (Fsp3) is 0.643. The molecule has 1 aromatic rings. The van der Waals surface area contributed by atoms with Crippen LogP contribution < -0.4 is 10.5 Å². The lowest BCUT2D eigenvalue weighted by molar-refractivity contribution is 0.0918. The van der Waals surface area contributed by atoms with E-state index >= 15 is 0 Å². The Morgan fingerprint density at radius 3 is 2.55 bits per heavy atom. The molecule has 2 atom stereocenters. The average molecular weight is 278 g/mol. The summed E-state index contributed by atoms with van der Waals surface area (Å²) in [6.45, 7) is 6.31. The van der Waals surface area contributed by atoms with Gasteiger partial charge in [0, 0.05) is 5.69 Å². The highest BCUT2D eigenvalue weighted by Crippen LogP contribution is 2.30. The largest absolute Gasteiger partial charge is 0.460 e. The third-order valence-electron chi connectivity index (χ3n) is 3.61. The number of nitrogens with zero attached hydrogens (tertiary/aromatic N) is 3. The van der Waals surface area contributed by atoms with Crippen LogP contribution in [0.4, 0.5) is 0 Å². The smallest absolute Gasteiger partial charge is 0.317 e. The van der Waals surface area contributed by atoms with Gasteiger partial charge in [-0.05, 0) is 44.1 Å². The molecule has 0 amide bonds. The Balaban J connectivity index is 2.14. The summed E-state index contributed by atoms with van der Waals surface area (Å²) >= 11 is 0. The summed E-state index contributed by atoms with van der Waals surface area (Å²) in [4.78, 5) is 8.47. The number of hydrogen-bond donors (Lipinski definition) is 2. The highest BCUT2D eigenvalue weighted by atomic mass is 16.5. The SMILES string of the molecule is Cc1cc(/C(N)=N/O)nc(OC2CC(C)CC(C)C2)n1. The van der Waals surface area contributed by atoms with E-state index in [0.29, 0.717) is 23.5 Å². The molecule has 110 valence electrons. The fourth-order valence-electron chi connectivity index (χ4n) is 2.89. The summed E-state index contributed by atoms with van der Waals surface area (Å²) in [6, 6.07) is 1.96. The molecule has 1 heterocycles. The lowest BCUT2D eigenvalue weighted by atomic mass is 9.82. The molecule has 6 heteroatoms. The molecule has 0 spiro atoms. The minimum absolute atomic E-state index is 0.0364. The molecular weight excluding hydrogens is 256 g/mol. The van der Waals surface area contributed by atoms with Gasteiger partial charge in [0.1, 0.15) is 11.8 Å². The van der Waals surface area contributed by atoms with E-state index in [0.717, 1.165) is 18.5 Å². The summed E-state index contributed by atoms with van der Waals surface area (Å²) in [6.07, 6.45) is 3.40. The van der Waals surface area contributed by atoms with Gasteiger partial charge in [-0.3, -0.25) is 0 Å². The Labute approximate surface area is 119 Å². The molecule has 0 aromatic carbocycles. The number of hydrogen-bond acceptors (Lipinski definition) is 5. The quantitative estimate of drug-likeness (QED) is 0.382. The zero-order chi connectivity index (χ0) is 14.7. The third kappa shape index (κ3) is 3.59. The van der Waals surface area contributed by atoms with E-state index in [1.165, 1.54) is 6.42 Å². The van der Waals surface area contributed by atoms with Gasteiger partial charge in [-0.2, -0.15) is 4.98 Å². The van der Waals surface area contributed by atoms with Crippen molar-refractivity contribution in [3.05, 3.63) is 17.5 Å². The molecule has 2 unspecified atom stereocenters. The van der Waals surface area contributed by atoms with E-state index < -0.39 is 0 Å². The minimum atomic E-state index is -0.0364. The Hall–Kier alpha value is -1.85. The van der Waals surface area contributed by atoms with Crippen LogP contribution in [0.3, 0.4) is 0 Å². The van der Waals surface area contributed by atoms with Crippen molar-refractivity contribution in [2.75, 3.05) is 0 Å². The number of aryl methyl sites for hydroxylation is 1. The molecule has 1 fully saturated rings. The lowest BCUT2D eigenvalue weighted by Gasteiger charge is -2.31. The van der Waals surface area contributed by atoms with Gasteiger partial charge in [0.2, 0.25) is 0 Å². The molecule has 1 aromatic heterocycles. The molecule has 20 heavy (non-hydrogen) atoms. The summed E-state index contributed by atoms with van der Waals surface area (Å²) in [5, 5.41) is 11.7. The second kappa shape index (κ2) is 6.07. The first-order chi connectivity index (χ1) is 9.47. The Morgan fingerprint density at radius 1 is 1.30 bits per heavy atom. The Kier molecular flexibility index (Phi) is 4.42. The van der Waals surface area contributed by atoms with Crippen LogP contribution in [0.1, 0.15) is 44.5 Å². The third-order valence-corrected chi connectivity index (χ3v) is 3.61. The van der Waals surface area contributed by atoms with Crippen molar-refractivity contribution in [2.45, 2.75) is 46.1 Å². The van der Waals surface area contributed by atoms with Gasteiger partial charge in [-0.25, -0.2) is 4.98 Å². The van der Waals surface area contributed by atoms with Crippen molar-refractivity contribution >= 4 is 5.84 Å². The van der Waals surface area contributed by atoms with Crippen molar-refractivity contribution in [1.82, 2.24) is 9.97 Å².